The van der Waals surface area contributed by atoms with Crippen LogP contribution < -0.4 is 5.73 Å². The van der Waals surface area contributed by atoms with Crippen LogP contribution >= 0.6 is 0 Å². The summed E-state index contributed by atoms with van der Waals surface area (Å²) in [5.74, 6) is -2.43. The summed E-state index contributed by atoms with van der Waals surface area (Å²) in [6.45, 7) is 3.10. The molecule has 0 radical (unpaired) electrons. The van der Waals surface area contributed by atoms with Gasteiger partial charge in [0.05, 0.1) is 13.2 Å². The Kier molecular flexibility index (Phi) is 4.36. The molecule has 3 N–H and O–H groups in total. The molecule has 0 amide bonds. The van der Waals surface area contributed by atoms with E-state index < -0.39 is 17.7 Å². The maximum atomic E-state index is 10.9. The molecule has 0 aromatic heterocycles. The summed E-state index contributed by atoms with van der Waals surface area (Å²) in [7, 11) is 0. The van der Waals surface area contributed by atoms with E-state index in [1.165, 1.54) is 13.8 Å². The third-order valence-electron chi connectivity index (χ3n) is 1.17. The van der Waals surface area contributed by atoms with Gasteiger partial charge in [0.1, 0.15) is 0 Å². The fraction of sp³-hybridized carbons (Fsp3) is 0.714. The second kappa shape index (κ2) is 4.78. The highest BCUT2D eigenvalue weighted by Crippen LogP contribution is 2.02. The van der Waals surface area contributed by atoms with E-state index in [2.05, 4.69) is 9.47 Å². The highest BCUT2D eigenvalue weighted by molar-refractivity contribution is 6.02. The van der Waals surface area contributed by atoms with Crippen LogP contribution in [0.2, 0.25) is 0 Å². The van der Waals surface area contributed by atoms with Crippen molar-refractivity contribution in [2.75, 3.05) is 13.2 Å². The van der Waals surface area contributed by atoms with Gasteiger partial charge in [-0.25, -0.2) is 9.59 Å². The van der Waals surface area contributed by atoms with E-state index in [4.69, 9.17) is 10.8 Å². The topological polar surface area (TPSA) is 98.9 Å². The van der Waals surface area contributed by atoms with Crippen LogP contribution in [0.1, 0.15) is 13.8 Å². The molecule has 0 rings (SSSR count). The molecule has 0 aliphatic rings. The molecule has 6 nitrogen and oxygen atoms in total. The molecule has 0 heterocycles. The van der Waals surface area contributed by atoms with Crippen molar-refractivity contribution in [3.05, 3.63) is 0 Å². The summed E-state index contributed by atoms with van der Waals surface area (Å²) in [5, 5.41) is 9.14. The number of hydrogen-bond acceptors (Lipinski definition) is 6. The van der Waals surface area contributed by atoms with Crippen LogP contribution in [0.4, 0.5) is 0 Å². The molecule has 6 heteroatoms. The van der Waals surface area contributed by atoms with Crippen LogP contribution in [-0.4, -0.2) is 36.0 Å². The summed E-state index contributed by atoms with van der Waals surface area (Å²) in [6, 6.07) is 0. The van der Waals surface area contributed by atoms with Gasteiger partial charge in [-0.2, -0.15) is 0 Å². The second-order valence-electron chi connectivity index (χ2n) is 2.21. The lowest BCUT2D eigenvalue weighted by molar-refractivity contribution is -0.182. The first-order chi connectivity index (χ1) is 5.96. The molecule has 0 bridgehead atoms. The molecule has 0 unspecified atom stereocenters. The maximum Gasteiger partial charge on any atom is 0.365 e. The number of carbonyl (C=O) groups is 2. The van der Waals surface area contributed by atoms with Crippen LogP contribution in [0, 0.1) is 0 Å². The van der Waals surface area contributed by atoms with Gasteiger partial charge in [0.2, 0.25) is 0 Å². The number of esters is 2. The van der Waals surface area contributed by atoms with Gasteiger partial charge < -0.3 is 14.6 Å². The Labute approximate surface area is 75.6 Å². The highest BCUT2D eigenvalue weighted by atomic mass is 16.6. The average Bonchev–Trinajstić information content (AvgIpc) is 2.05. The molecule has 0 saturated carbocycles. The highest BCUT2D eigenvalue weighted by Gasteiger charge is 2.43. The van der Waals surface area contributed by atoms with Gasteiger partial charge >= 0.3 is 17.7 Å². The van der Waals surface area contributed by atoms with Gasteiger partial charge in [0.25, 0.3) is 0 Å². The zero-order chi connectivity index (χ0) is 10.5. The fourth-order valence-corrected chi connectivity index (χ4v) is 0.566. The van der Waals surface area contributed by atoms with E-state index in [0.29, 0.717) is 0 Å². The number of rotatable bonds is 4. The lowest BCUT2D eigenvalue weighted by Crippen LogP contribution is -2.56. The standard InChI is InChI=1S/C7H13NO5/c1-3-12-5(9)7(8,11)6(10)13-4-2/h11H,3-4,8H2,1-2H3. The van der Waals surface area contributed by atoms with Gasteiger partial charge in [-0.1, -0.05) is 0 Å². The summed E-state index contributed by atoms with van der Waals surface area (Å²) in [4.78, 5) is 21.8. The Morgan fingerprint density at radius 2 is 1.54 bits per heavy atom. The molecule has 13 heavy (non-hydrogen) atoms. The van der Waals surface area contributed by atoms with E-state index >= 15 is 0 Å². The Hall–Kier alpha value is -1.14. The van der Waals surface area contributed by atoms with Crippen LogP contribution in [0.25, 0.3) is 0 Å². The lowest BCUT2D eigenvalue weighted by atomic mass is 10.2. The van der Waals surface area contributed by atoms with Crippen LogP contribution in [0.5, 0.6) is 0 Å². The van der Waals surface area contributed by atoms with Crippen molar-refractivity contribution in [3.63, 3.8) is 0 Å². The second-order valence-corrected chi connectivity index (χ2v) is 2.21. The predicted molar refractivity (Wildman–Crippen MR) is 42.4 cm³/mol. The third kappa shape index (κ3) is 3.00. The summed E-state index contributed by atoms with van der Waals surface area (Å²) in [6.07, 6.45) is 0. The molecular weight excluding hydrogens is 178 g/mol. The number of hydrogen-bond donors (Lipinski definition) is 2. The van der Waals surface area contributed by atoms with Gasteiger partial charge in [-0.05, 0) is 13.8 Å². The summed E-state index contributed by atoms with van der Waals surface area (Å²) < 4.78 is 8.72. The lowest BCUT2D eigenvalue weighted by Gasteiger charge is -2.17. The Morgan fingerprint density at radius 3 is 1.77 bits per heavy atom. The van der Waals surface area contributed by atoms with E-state index in [9.17, 15) is 9.59 Å². The zero-order valence-electron chi connectivity index (χ0n) is 7.57. The average molecular weight is 191 g/mol. The molecule has 0 spiro atoms. The fourth-order valence-electron chi connectivity index (χ4n) is 0.566. The van der Waals surface area contributed by atoms with Crippen LogP contribution in [0.3, 0.4) is 0 Å². The Morgan fingerprint density at radius 1 is 1.23 bits per heavy atom. The van der Waals surface area contributed by atoms with Gasteiger partial charge in [-0.3, -0.25) is 5.73 Å². The van der Waals surface area contributed by atoms with Crippen LogP contribution in [-0.2, 0) is 19.1 Å². The van der Waals surface area contributed by atoms with Gasteiger partial charge in [-0.15, -0.1) is 0 Å². The Bertz CT molecular complexity index is 181. The normalized spacial score (nSPS) is 10.8. The van der Waals surface area contributed by atoms with Gasteiger partial charge in [0, 0.05) is 0 Å². The summed E-state index contributed by atoms with van der Waals surface area (Å²) >= 11 is 0. The first kappa shape index (κ1) is 11.9. The minimum absolute atomic E-state index is 0.0255. The molecule has 0 aromatic carbocycles. The van der Waals surface area contributed by atoms with Crippen molar-refractivity contribution < 1.29 is 24.2 Å². The van der Waals surface area contributed by atoms with Crippen molar-refractivity contribution in [2.24, 2.45) is 5.73 Å². The first-order valence-corrected chi connectivity index (χ1v) is 3.82. The SMILES string of the molecule is CCOC(=O)C(N)(O)C(=O)OCC. The van der Waals surface area contributed by atoms with Crippen molar-refractivity contribution in [2.45, 2.75) is 19.6 Å². The molecule has 0 fully saturated rings. The number of ether oxygens (including phenoxy) is 2. The minimum atomic E-state index is -2.70. The van der Waals surface area contributed by atoms with Crippen molar-refractivity contribution in [3.8, 4) is 0 Å². The maximum absolute atomic E-state index is 10.9. The van der Waals surface area contributed by atoms with E-state index in [-0.39, 0.29) is 13.2 Å². The van der Waals surface area contributed by atoms with Crippen LogP contribution in [0.15, 0.2) is 0 Å². The molecular formula is C7H13NO5. The number of carbonyl (C=O) groups excluding carboxylic acids is 2. The van der Waals surface area contributed by atoms with Gasteiger partial charge in [0.15, 0.2) is 0 Å². The number of aliphatic hydroxyl groups is 1. The Balaban J connectivity index is 4.36. The monoisotopic (exact) mass is 191 g/mol. The molecule has 76 valence electrons. The van der Waals surface area contributed by atoms with Crippen molar-refractivity contribution in [1.82, 2.24) is 0 Å². The largest absolute Gasteiger partial charge is 0.462 e. The van der Waals surface area contributed by atoms with E-state index in [0.717, 1.165) is 0 Å². The molecule has 0 saturated heterocycles. The zero-order valence-corrected chi connectivity index (χ0v) is 7.57. The predicted octanol–water partition coefficient (Wildman–Crippen LogP) is -1.24. The smallest absolute Gasteiger partial charge is 0.365 e. The van der Waals surface area contributed by atoms with Crippen molar-refractivity contribution >= 4 is 11.9 Å². The molecule has 0 aliphatic heterocycles. The summed E-state index contributed by atoms with van der Waals surface area (Å²) in [5.41, 5.74) is 2.28. The first-order valence-electron chi connectivity index (χ1n) is 3.82. The molecule has 0 aliphatic carbocycles. The number of nitrogens with two attached hydrogens (primary N) is 1. The molecule has 0 aromatic rings. The third-order valence-corrected chi connectivity index (χ3v) is 1.17. The quantitative estimate of drug-likeness (QED) is 0.327. The molecule has 0 atom stereocenters. The van der Waals surface area contributed by atoms with Crippen molar-refractivity contribution in [1.29, 1.82) is 0 Å². The van der Waals surface area contributed by atoms with E-state index in [1.54, 1.807) is 0 Å². The van der Waals surface area contributed by atoms with E-state index in [1.807, 2.05) is 0 Å². The minimum Gasteiger partial charge on any atom is -0.462 e.